The average Bonchev–Trinajstić information content (AvgIpc) is 2.37. The molecule has 0 radical (unpaired) electrons. The molecule has 0 fully saturated rings. The van der Waals surface area contributed by atoms with Crippen molar-refractivity contribution in [3.05, 3.63) is 24.0 Å². The number of nitrogens with one attached hydrogen (secondary N) is 1. The van der Waals surface area contributed by atoms with Crippen molar-refractivity contribution in [2.24, 2.45) is 0 Å². The van der Waals surface area contributed by atoms with Crippen LogP contribution in [0.2, 0.25) is 0 Å². The summed E-state index contributed by atoms with van der Waals surface area (Å²) in [6, 6.07) is 3.86. The molecule has 0 saturated carbocycles. The molecular weight excluding hydrogens is 220 g/mol. The summed E-state index contributed by atoms with van der Waals surface area (Å²) >= 11 is 0. The molecule has 96 valence electrons. The van der Waals surface area contributed by atoms with Gasteiger partial charge in [-0.3, -0.25) is 4.98 Å². The fourth-order valence-corrected chi connectivity index (χ4v) is 1.23. The van der Waals surface area contributed by atoms with Gasteiger partial charge in [-0.1, -0.05) is 0 Å². The van der Waals surface area contributed by atoms with Gasteiger partial charge in [0.15, 0.2) is 0 Å². The van der Waals surface area contributed by atoms with Crippen LogP contribution in [0.1, 0.15) is 5.69 Å². The highest BCUT2D eigenvalue weighted by Gasteiger charge is 1.96. The van der Waals surface area contributed by atoms with E-state index in [1.807, 2.05) is 12.1 Å². The third kappa shape index (κ3) is 6.21. The predicted octanol–water partition coefficient (Wildman–Crippen LogP) is 0.843. The Morgan fingerprint density at radius 2 is 1.94 bits per heavy atom. The molecule has 1 aromatic heterocycles. The summed E-state index contributed by atoms with van der Waals surface area (Å²) in [5.41, 5.74) is 0.986. The van der Waals surface area contributed by atoms with Crippen molar-refractivity contribution in [1.82, 2.24) is 10.3 Å². The van der Waals surface area contributed by atoms with Gasteiger partial charge in [-0.05, 0) is 12.1 Å². The van der Waals surface area contributed by atoms with Crippen molar-refractivity contribution in [2.75, 3.05) is 40.6 Å². The molecule has 5 nitrogen and oxygen atoms in total. The lowest BCUT2D eigenvalue weighted by Gasteiger charge is -2.06. The van der Waals surface area contributed by atoms with Crippen LogP contribution >= 0.6 is 0 Å². The first kappa shape index (κ1) is 13.9. The Bertz CT molecular complexity index is 290. The maximum atomic E-state index is 5.42. The smallest absolute Gasteiger partial charge is 0.137 e. The second kappa shape index (κ2) is 8.92. The molecule has 0 aliphatic rings. The Kier molecular flexibility index (Phi) is 7.29. The molecule has 17 heavy (non-hydrogen) atoms. The third-order valence-electron chi connectivity index (χ3n) is 2.14. The van der Waals surface area contributed by atoms with Crippen LogP contribution in [-0.4, -0.2) is 45.6 Å². The van der Waals surface area contributed by atoms with Gasteiger partial charge in [-0.15, -0.1) is 0 Å². The van der Waals surface area contributed by atoms with E-state index in [4.69, 9.17) is 14.2 Å². The number of hydrogen-bond donors (Lipinski definition) is 1. The molecular formula is C12H20N2O3. The molecule has 1 aromatic rings. The van der Waals surface area contributed by atoms with Crippen LogP contribution in [0, 0.1) is 0 Å². The van der Waals surface area contributed by atoms with Gasteiger partial charge in [0.1, 0.15) is 12.4 Å². The van der Waals surface area contributed by atoms with Crippen LogP contribution in [0.4, 0.5) is 0 Å². The minimum absolute atomic E-state index is 0.545. The molecule has 0 atom stereocenters. The number of ether oxygens (including phenoxy) is 3. The van der Waals surface area contributed by atoms with E-state index in [1.165, 1.54) is 0 Å². The van der Waals surface area contributed by atoms with Gasteiger partial charge in [0.2, 0.25) is 0 Å². The van der Waals surface area contributed by atoms with Crippen LogP contribution in [0.3, 0.4) is 0 Å². The molecule has 1 N–H and O–H groups in total. The first-order chi connectivity index (χ1) is 8.36. The number of methoxy groups -OCH3 is 2. The monoisotopic (exact) mass is 240 g/mol. The van der Waals surface area contributed by atoms with Gasteiger partial charge in [0.25, 0.3) is 0 Å². The van der Waals surface area contributed by atoms with Crippen LogP contribution in [0.25, 0.3) is 0 Å². The maximum Gasteiger partial charge on any atom is 0.137 e. The lowest BCUT2D eigenvalue weighted by Crippen LogP contribution is -2.19. The lowest BCUT2D eigenvalue weighted by atomic mass is 10.3. The molecule has 0 amide bonds. The molecule has 0 unspecified atom stereocenters. The van der Waals surface area contributed by atoms with E-state index in [9.17, 15) is 0 Å². The van der Waals surface area contributed by atoms with Crippen molar-refractivity contribution in [1.29, 1.82) is 0 Å². The topological polar surface area (TPSA) is 52.6 Å². The normalized spacial score (nSPS) is 10.5. The number of hydrogen-bond acceptors (Lipinski definition) is 5. The molecule has 5 heteroatoms. The van der Waals surface area contributed by atoms with Crippen LogP contribution in [-0.2, 0) is 16.0 Å². The quantitative estimate of drug-likeness (QED) is 0.648. The molecule has 0 saturated heterocycles. The van der Waals surface area contributed by atoms with Gasteiger partial charge >= 0.3 is 0 Å². The van der Waals surface area contributed by atoms with Crippen molar-refractivity contribution < 1.29 is 14.2 Å². The molecule has 0 aliphatic heterocycles. The lowest BCUT2D eigenvalue weighted by molar-refractivity contribution is 0.146. The van der Waals surface area contributed by atoms with Crippen LogP contribution in [0.5, 0.6) is 5.75 Å². The molecule has 1 rings (SSSR count). The van der Waals surface area contributed by atoms with Crippen molar-refractivity contribution >= 4 is 0 Å². The number of rotatable bonds is 9. The largest absolute Gasteiger partial charge is 0.490 e. The SMILES string of the molecule is COCCNCc1ccc(OCCOC)cn1. The Morgan fingerprint density at radius 3 is 2.59 bits per heavy atom. The standard InChI is InChI=1S/C12H20N2O3/c1-15-6-5-13-9-11-3-4-12(10-14-11)17-8-7-16-2/h3-4,10,13H,5-9H2,1-2H3. The molecule has 1 heterocycles. The van der Waals surface area contributed by atoms with Gasteiger partial charge in [-0.25, -0.2) is 0 Å². The van der Waals surface area contributed by atoms with Gasteiger partial charge in [-0.2, -0.15) is 0 Å². The summed E-state index contributed by atoms with van der Waals surface area (Å²) in [6.45, 7) is 3.40. The zero-order valence-electron chi connectivity index (χ0n) is 10.4. The Hall–Kier alpha value is -1.17. The van der Waals surface area contributed by atoms with Crippen molar-refractivity contribution in [2.45, 2.75) is 6.54 Å². The molecule has 0 aromatic carbocycles. The van der Waals surface area contributed by atoms with E-state index in [1.54, 1.807) is 20.4 Å². The summed E-state index contributed by atoms with van der Waals surface area (Å²) in [4.78, 5) is 4.29. The molecule has 0 aliphatic carbocycles. The Balaban J connectivity index is 2.24. The van der Waals surface area contributed by atoms with Crippen LogP contribution < -0.4 is 10.1 Å². The van der Waals surface area contributed by atoms with Crippen molar-refractivity contribution in [3.8, 4) is 5.75 Å². The fourth-order valence-electron chi connectivity index (χ4n) is 1.23. The number of aromatic nitrogens is 1. The van der Waals surface area contributed by atoms with E-state index >= 15 is 0 Å². The minimum atomic E-state index is 0.545. The van der Waals surface area contributed by atoms with Crippen molar-refractivity contribution in [3.63, 3.8) is 0 Å². The third-order valence-corrected chi connectivity index (χ3v) is 2.14. The summed E-state index contributed by atoms with van der Waals surface area (Å²) in [6.07, 6.45) is 1.73. The summed E-state index contributed by atoms with van der Waals surface area (Å²) in [5, 5.41) is 3.23. The molecule has 0 spiro atoms. The highest BCUT2D eigenvalue weighted by Crippen LogP contribution is 2.08. The van der Waals surface area contributed by atoms with E-state index in [0.717, 1.165) is 24.5 Å². The second-order valence-corrected chi connectivity index (χ2v) is 3.50. The van der Waals surface area contributed by atoms with Gasteiger partial charge < -0.3 is 19.5 Å². The minimum Gasteiger partial charge on any atom is -0.490 e. The number of nitrogens with zero attached hydrogens (tertiary/aromatic N) is 1. The fraction of sp³-hybridized carbons (Fsp3) is 0.583. The highest BCUT2D eigenvalue weighted by atomic mass is 16.5. The zero-order valence-corrected chi connectivity index (χ0v) is 10.4. The Morgan fingerprint density at radius 1 is 1.12 bits per heavy atom. The summed E-state index contributed by atoms with van der Waals surface area (Å²) in [5.74, 6) is 0.766. The molecule has 0 bridgehead atoms. The first-order valence-corrected chi connectivity index (χ1v) is 5.63. The first-order valence-electron chi connectivity index (χ1n) is 5.63. The summed E-state index contributed by atoms with van der Waals surface area (Å²) < 4.78 is 15.3. The predicted molar refractivity (Wildman–Crippen MR) is 65.2 cm³/mol. The zero-order chi connectivity index (χ0) is 12.3. The summed E-state index contributed by atoms with van der Waals surface area (Å²) in [7, 11) is 3.34. The van der Waals surface area contributed by atoms with Gasteiger partial charge in [0.05, 0.1) is 25.1 Å². The number of pyridine rings is 1. The highest BCUT2D eigenvalue weighted by molar-refractivity contribution is 5.19. The second-order valence-electron chi connectivity index (χ2n) is 3.50. The van der Waals surface area contributed by atoms with Gasteiger partial charge in [0, 0.05) is 27.3 Å². The van der Waals surface area contributed by atoms with Crippen LogP contribution in [0.15, 0.2) is 18.3 Å². The van der Waals surface area contributed by atoms with E-state index in [-0.39, 0.29) is 0 Å². The van der Waals surface area contributed by atoms with E-state index in [2.05, 4.69) is 10.3 Å². The van der Waals surface area contributed by atoms with E-state index < -0.39 is 0 Å². The van der Waals surface area contributed by atoms with E-state index in [0.29, 0.717) is 19.8 Å². The average molecular weight is 240 g/mol. The Labute approximate surface area is 102 Å². The maximum absolute atomic E-state index is 5.42.